The summed E-state index contributed by atoms with van der Waals surface area (Å²) in [5, 5.41) is 10.0. The quantitative estimate of drug-likeness (QED) is 0.892. The molecule has 0 aliphatic carbocycles. The number of halogens is 1. The van der Waals surface area contributed by atoms with Crippen LogP contribution in [0, 0.1) is 5.82 Å². The first-order chi connectivity index (χ1) is 9.44. The van der Waals surface area contributed by atoms with Gasteiger partial charge in [-0.15, -0.1) is 0 Å². The van der Waals surface area contributed by atoms with Crippen molar-refractivity contribution in [2.24, 2.45) is 0 Å². The van der Waals surface area contributed by atoms with Gasteiger partial charge >= 0.3 is 0 Å². The Morgan fingerprint density at radius 3 is 2.75 bits per heavy atom. The Labute approximate surface area is 119 Å². The number of aliphatic hydroxyl groups is 1. The topological polar surface area (TPSA) is 41.9 Å². The SMILES string of the molecule is CC1(C)CN(CC(O)COc2ccc(F)cc2)CCO1. The van der Waals surface area contributed by atoms with E-state index < -0.39 is 6.10 Å². The zero-order valence-electron chi connectivity index (χ0n) is 12.0. The number of rotatable bonds is 5. The lowest BCUT2D eigenvalue weighted by atomic mass is 10.1. The van der Waals surface area contributed by atoms with Gasteiger partial charge in [0.25, 0.3) is 0 Å². The van der Waals surface area contributed by atoms with E-state index in [1.807, 2.05) is 13.8 Å². The zero-order chi connectivity index (χ0) is 14.6. The first kappa shape index (κ1) is 15.2. The second-order valence-electron chi connectivity index (χ2n) is 5.76. The van der Waals surface area contributed by atoms with Crippen molar-refractivity contribution in [3.63, 3.8) is 0 Å². The molecule has 5 heteroatoms. The molecule has 0 bridgehead atoms. The van der Waals surface area contributed by atoms with E-state index in [2.05, 4.69) is 4.90 Å². The van der Waals surface area contributed by atoms with Gasteiger partial charge < -0.3 is 14.6 Å². The first-order valence-electron chi connectivity index (χ1n) is 6.87. The van der Waals surface area contributed by atoms with Crippen LogP contribution in [0.1, 0.15) is 13.8 Å². The van der Waals surface area contributed by atoms with Crippen molar-refractivity contribution in [1.29, 1.82) is 0 Å². The predicted molar refractivity (Wildman–Crippen MR) is 74.4 cm³/mol. The molecule has 1 aromatic rings. The highest BCUT2D eigenvalue weighted by atomic mass is 19.1. The third-order valence-electron chi connectivity index (χ3n) is 3.23. The predicted octanol–water partition coefficient (Wildman–Crippen LogP) is 1.68. The van der Waals surface area contributed by atoms with E-state index in [1.54, 1.807) is 12.1 Å². The largest absolute Gasteiger partial charge is 0.491 e. The second-order valence-corrected chi connectivity index (χ2v) is 5.76. The second kappa shape index (κ2) is 6.52. The molecule has 1 saturated heterocycles. The summed E-state index contributed by atoms with van der Waals surface area (Å²) in [6.07, 6.45) is -0.575. The molecule has 0 radical (unpaired) electrons. The van der Waals surface area contributed by atoms with Crippen molar-refractivity contribution < 1.29 is 19.0 Å². The van der Waals surface area contributed by atoms with Crippen LogP contribution < -0.4 is 4.74 Å². The lowest BCUT2D eigenvalue weighted by molar-refractivity contribution is -0.0947. The Bertz CT molecular complexity index is 422. The molecule has 1 fully saturated rings. The van der Waals surface area contributed by atoms with Crippen molar-refractivity contribution >= 4 is 0 Å². The summed E-state index contributed by atoms with van der Waals surface area (Å²) in [6, 6.07) is 5.79. The van der Waals surface area contributed by atoms with Crippen LogP contribution >= 0.6 is 0 Å². The molecular formula is C15H22FNO3. The summed E-state index contributed by atoms with van der Waals surface area (Å²) < 4.78 is 23.8. The molecule has 1 aromatic carbocycles. The van der Waals surface area contributed by atoms with Crippen LogP contribution in [0.3, 0.4) is 0 Å². The fourth-order valence-electron chi connectivity index (χ4n) is 2.34. The molecule has 20 heavy (non-hydrogen) atoms. The monoisotopic (exact) mass is 283 g/mol. The highest BCUT2D eigenvalue weighted by Crippen LogP contribution is 2.17. The van der Waals surface area contributed by atoms with Crippen molar-refractivity contribution in [2.45, 2.75) is 25.6 Å². The van der Waals surface area contributed by atoms with Crippen LogP contribution in [0.2, 0.25) is 0 Å². The van der Waals surface area contributed by atoms with Gasteiger partial charge in [0.1, 0.15) is 24.3 Å². The molecule has 0 saturated carbocycles. The summed E-state index contributed by atoms with van der Waals surface area (Å²) >= 11 is 0. The zero-order valence-corrected chi connectivity index (χ0v) is 12.0. The van der Waals surface area contributed by atoms with Crippen LogP contribution in [-0.2, 0) is 4.74 Å². The van der Waals surface area contributed by atoms with Gasteiger partial charge in [-0.05, 0) is 38.1 Å². The van der Waals surface area contributed by atoms with Crippen molar-refractivity contribution in [3.8, 4) is 5.75 Å². The van der Waals surface area contributed by atoms with Crippen molar-refractivity contribution in [1.82, 2.24) is 4.90 Å². The molecule has 0 amide bonds. The van der Waals surface area contributed by atoms with Gasteiger partial charge in [0, 0.05) is 19.6 Å². The molecule has 2 rings (SSSR count). The maximum Gasteiger partial charge on any atom is 0.123 e. The van der Waals surface area contributed by atoms with E-state index in [-0.39, 0.29) is 18.0 Å². The van der Waals surface area contributed by atoms with Crippen LogP contribution in [0.25, 0.3) is 0 Å². The van der Waals surface area contributed by atoms with E-state index >= 15 is 0 Å². The molecule has 1 aliphatic heterocycles. The maximum absolute atomic E-state index is 12.7. The Morgan fingerprint density at radius 2 is 2.10 bits per heavy atom. The molecule has 1 atom stereocenters. The number of morpholine rings is 1. The summed E-state index contributed by atoms with van der Waals surface area (Å²) in [7, 11) is 0. The van der Waals surface area contributed by atoms with Gasteiger partial charge in [0.2, 0.25) is 0 Å². The Morgan fingerprint density at radius 1 is 1.40 bits per heavy atom. The van der Waals surface area contributed by atoms with E-state index in [0.717, 1.165) is 13.1 Å². The van der Waals surface area contributed by atoms with E-state index in [4.69, 9.17) is 9.47 Å². The number of hydrogen-bond acceptors (Lipinski definition) is 4. The van der Waals surface area contributed by atoms with Gasteiger partial charge in [-0.1, -0.05) is 0 Å². The average Bonchev–Trinajstić information content (AvgIpc) is 2.37. The molecule has 1 aliphatic rings. The van der Waals surface area contributed by atoms with Crippen LogP contribution in [0.4, 0.5) is 4.39 Å². The summed E-state index contributed by atoms with van der Waals surface area (Å²) in [5.41, 5.74) is -0.171. The van der Waals surface area contributed by atoms with E-state index in [9.17, 15) is 9.50 Å². The minimum absolute atomic E-state index is 0.171. The fraction of sp³-hybridized carbons (Fsp3) is 0.600. The number of β-amino-alcohol motifs (C(OH)–C–C–N with tert-alkyl or cyclic N) is 1. The van der Waals surface area contributed by atoms with Crippen LogP contribution in [0.15, 0.2) is 24.3 Å². The molecule has 1 heterocycles. The molecule has 1 unspecified atom stereocenters. The number of nitrogens with zero attached hydrogens (tertiary/aromatic N) is 1. The normalized spacial score (nSPS) is 20.6. The summed E-state index contributed by atoms with van der Waals surface area (Å²) in [5.74, 6) is 0.265. The van der Waals surface area contributed by atoms with E-state index in [0.29, 0.717) is 18.9 Å². The Hall–Kier alpha value is -1.17. The van der Waals surface area contributed by atoms with Gasteiger partial charge in [-0.25, -0.2) is 4.39 Å². The fourth-order valence-corrected chi connectivity index (χ4v) is 2.34. The van der Waals surface area contributed by atoms with Gasteiger partial charge in [0.15, 0.2) is 0 Å². The van der Waals surface area contributed by atoms with Crippen LogP contribution in [0.5, 0.6) is 5.75 Å². The standard InChI is InChI=1S/C15H22FNO3/c1-15(2)11-17(7-8-20-15)9-13(18)10-19-14-5-3-12(16)4-6-14/h3-6,13,18H,7-11H2,1-2H3. The molecule has 0 aromatic heterocycles. The average molecular weight is 283 g/mol. The van der Waals surface area contributed by atoms with Crippen molar-refractivity contribution in [3.05, 3.63) is 30.1 Å². The minimum atomic E-state index is -0.575. The summed E-state index contributed by atoms with van der Waals surface area (Å²) in [6.45, 7) is 7.12. The third-order valence-corrected chi connectivity index (χ3v) is 3.23. The highest BCUT2D eigenvalue weighted by Gasteiger charge is 2.28. The molecular weight excluding hydrogens is 261 g/mol. The lowest BCUT2D eigenvalue weighted by Gasteiger charge is -2.38. The molecule has 4 nitrogen and oxygen atoms in total. The summed E-state index contributed by atoms with van der Waals surface area (Å²) in [4.78, 5) is 2.17. The third kappa shape index (κ3) is 4.74. The maximum atomic E-state index is 12.7. The smallest absolute Gasteiger partial charge is 0.123 e. The van der Waals surface area contributed by atoms with Crippen molar-refractivity contribution in [2.75, 3.05) is 32.8 Å². The Balaban J connectivity index is 1.75. The Kier molecular flexibility index (Phi) is 4.96. The number of ether oxygens (including phenoxy) is 2. The number of aliphatic hydroxyl groups excluding tert-OH is 1. The van der Waals surface area contributed by atoms with Gasteiger partial charge in [-0.2, -0.15) is 0 Å². The first-order valence-corrected chi connectivity index (χ1v) is 6.87. The number of hydrogen-bond donors (Lipinski definition) is 1. The molecule has 1 N–H and O–H groups in total. The van der Waals surface area contributed by atoms with E-state index in [1.165, 1.54) is 12.1 Å². The van der Waals surface area contributed by atoms with Gasteiger partial charge in [-0.3, -0.25) is 4.90 Å². The van der Waals surface area contributed by atoms with Crippen LogP contribution in [-0.4, -0.2) is 54.6 Å². The molecule has 0 spiro atoms. The highest BCUT2D eigenvalue weighted by molar-refractivity contribution is 5.22. The lowest BCUT2D eigenvalue weighted by Crippen LogP contribution is -2.50. The number of benzene rings is 1. The van der Waals surface area contributed by atoms with Gasteiger partial charge in [0.05, 0.1) is 12.2 Å². The minimum Gasteiger partial charge on any atom is -0.491 e. The molecule has 112 valence electrons.